The van der Waals surface area contributed by atoms with Crippen LogP contribution in [0, 0.1) is 6.92 Å². The van der Waals surface area contributed by atoms with E-state index in [0.717, 1.165) is 21.3 Å². The minimum atomic E-state index is -0.0986. The number of aromatic nitrogens is 2. The molecule has 3 heterocycles. The highest BCUT2D eigenvalue weighted by Gasteiger charge is 2.16. The second-order valence-electron chi connectivity index (χ2n) is 4.41. The number of thiazole rings is 1. The van der Waals surface area contributed by atoms with Crippen LogP contribution in [0.5, 0.6) is 0 Å². The third-order valence-corrected chi connectivity index (χ3v) is 5.09. The van der Waals surface area contributed by atoms with E-state index >= 15 is 0 Å². The lowest BCUT2D eigenvalue weighted by atomic mass is 10.3. The Morgan fingerprint density at radius 3 is 2.90 bits per heavy atom. The van der Waals surface area contributed by atoms with E-state index in [4.69, 9.17) is 0 Å². The Labute approximate surface area is 130 Å². The van der Waals surface area contributed by atoms with Crippen molar-refractivity contribution in [1.29, 1.82) is 0 Å². The summed E-state index contributed by atoms with van der Waals surface area (Å²) < 4.78 is 0. The van der Waals surface area contributed by atoms with Crippen molar-refractivity contribution >= 4 is 28.6 Å². The van der Waals surface area contributed by atoms with Crippen molar-refractivity contribution in [3.05, 3.63) is 58.2 Å². The highest BCUT2D eigenvalue weighted by atomic mass is 32.1. The quantitative estimate of drug-likeness (QED) is 0.801. The first-order valence-electron chi connectivity index (χ1n) is 6.43. The molecule has 1 N–H and O–H groups in total. The Morgan fingerprint density at radius 2 is 2.19 bits per heavy atom. The minimum Gasteiger partial charge on any atom is -0.346 e. The van der Waals surface area contributed by atoms with E-state index < -0.39 is 0 Å². The van der Waals surface area contributed by atoms with E-state index in [1.807, 2.05) is 42.6 Å². The maximum Gasteiger partial charge on any atom is 0.263 e. The monoisotopic (exact) mass is 315 g/mol. The molecule has 0 saturated carbocycles. The lowest BCUT2D eigenvalue weighted by molar-refractivity contribution is 0.0953. The zero-order chi connectivity index (χ0) is 14.7. The molecule has 0 aliphatic carbocycles. The molecule has 0 fully saturated rings. The van der Waals surface area contributed by atoms with Gasteiger partial charge in [0.2, 0.25) is 0 Å². The number of amides is 1. The van der Waals surface area contributed by atoms with E-state index in [-0.39, 0.29) is 5.91 Å². The van der Waals surface area contributed by atoms with Gasteiger partial charge in [0.1, 0.15) is 9.88 Å². The molecule has 0 aromatic carbocycles. The number of rotatable bonds is 4. The van der Waals surface area contributed by atoms with Crippen molar-refractivity contribution in [3.8, 4) is 9.88 Å². The summed E-state index contributed by atoms with van der Waals surface area (Å²) in [6.45, 7) is 2.29. The van der Waals surface area contributed by atoms with Crippen molar-refractivity contribution in [3.63, 3.8) is 0 Å². The molecule has 0 aliphatic heterocycles. The largest absolute Gasteiger partial charge is 0.346 e. The van der Waals surface area contributed by atoms with Gasteiger partial charge in [-0.1, -0.05) is 12.1 Å². The number of thiophene rings is 1. The molecule has 0 unspecified atom stereocenters. The van der Waals surface area contributed by atoms with Gasteiger partial charge in [-0.05, 0) is 30.5 Å². The van der Waals surface area contributed by atoms with Crippen LogP contribution in [0.3, 0.4) is 0 Å². The summed E-state index contributed by atoms with van der Waals surface area (Å²) in [5.74, 6) is -0.0986. The lowest BCUT2D eigenvalue weighted by Gasteiger charge is -2.03. The second kappa shape index (κ2) is 6.15. The smallest absolute Gasteiger partial charge is 0.263 e. The standard InChI is InChI=1S/C15H13N3OS2/c1-10-13(21-15(18-10)12-6-4-8-20-12)14(19)17-9-11-5-2-3-7-16-11/h2-8H,9H2,1H3,(H,17,19). The number of hydrogen-bond donors (Lipinski definition) is 1. The third kappa shape index (κ3) is 3.17. The van der Waals surface area contributed by atoms with Crippen LogP contribution in [0.25, 0.3) is 9.88 Å². The molecule has 0 radical (unpaired) electrons. The van der Waals surface area contributed by atoms with Gasteiger partial charge in [-0.15, -0.1) is 22.7 Å². The molecule has 0 aliphatic rings. The van der Waals surface area contributed by atoms with Gasteiger partial charge in [-0.3, -0.25) is 9.78 Å². The Bertz CT molecular complexity index is 736. The summed E-state index contributed by atoms with van der Waals surface area (Å²) in [4.78, 5) is 22.7. The number of nitrogens with zero attached hydrogens (tertiary/aromatic N) is 2. The Kier molecular flexibility index (Phi) is 4.08. The first kappa shape index (κ1) is 13.9. The van der Waals surface area contributed by atoms with Crippen LogP contribution in [-0.4, -0.2) is 15.9 Å². The fourth-order valence-electron chi connectivity index (χ4n) is 1.87. The van der Waals surface area contributed by atoms with Gasteiger partial charge in [-0.25, -0.2) is 4.98 Å². The van der Waals surface area contributed by atoms with Crippen molar-refractivity contribution in [2.75, 3.05) is 0 Å². The Balaban J connectivity index is 1.73. The molecule has 106 valence electrons. The van der Waals surface area contributed by atoms with Gasteiger partial charge >= 0.3 is 0 Å². The lowest BCUT2D eigenvalue weighted by Crippen LogP contribution is -2.23. The Morgan fingerprint density at radius 1 is 1.29 bits per heavy atom. The van der Waals surface area contributed by atoms with Crippen molar-refractivity contribution in [2.24, 2.45) is 0 Å². The molecule has 3 aromatic heterocycles. The van der Waals surface area contributed by atoms with Crippen LogP contribution < -0.4 is 5.32 Å². The summed E-state index contributed by atoms with van der Waals surface area (Å²) in [6.07, 6.45) is 1.72. The highest BCUT2D eigenvalue weighted by Crippen LogP contribution is 2.30. The van der Waals surface area contributed by atoms with Gasteiger partial charge in [0, 0.05) is 6.20 Å². The molecular formula is C15H13N3OS2. The maximum absolute atomic E-state index is 12.3. The summed E-state index contributed by atoms with van der Waals surface area (Å²) in [5.41, 5.74) is 1.61. The summed E-state index contributed by atoms with van der Waals surface area (Å²) in [6, 6.07) is 9.64. The molecule has 0 spiro atoms. The van der Waals surface area contributed by atoms with Crippen LogP contribution in [-0.2, 0) is 6.54 Å². The maximum atomic E-state index is 12.3. The van der Waals surface area contributed by atoms with E-state index in [1.54, 1.807) is 17.5 Å². The van der Waals surface area contributed by atoms with Crippen LogP contribution in [0.4, 0.5) is 0 Å². The molecule has 1 amide bonds. The summed E-state index contributed by atoms with van der Waals surface area (Å²) in [5, 5.41) is 5.79. The fourth-order valence-corrected chi connectivity index (χ4v) is 3.65. The molecule has 6 heteroatoms. The molecule has 3 aromatic rings. The van der Waals surface area contributed by atoms with Crippen LogP contribution in [0.2, 0.25) is 0 Å². The number of hydrogen-bond acceptors (Lipinski definition) is 5. The van der Waals surface area contributed by atoms with Crippen LogP contribution in [0.15, 0.2) is 41.9 Å². The molecular weight excluding hydrogens is 302 g/mol. The minimum absolute atomic E-state index is 0.0986. The Hall–Kier alpha value is -2.05. The van der Waals surface area contributed by atoms with Gasteiger partial charge < -0.3 is 5.32 Å². The highest BCUT2D eigenvalue weighted by molar-refractivity contribution is 7.22. The number of carbonyl (C=O) groups excluding carboxylic acids is 1. The number of aryl methyl sites for hydroxylation is 1. The average molecular weight is 315 g/mol. The van der Waals surface area contributed by atoms with Gasteiger partial charge in [0.05, 0.1) is 22.8 Å². The van der Waals surface area contributed by atoms with Gasteiger partial charge in [-0.2, -0.15) is 0 Å². The zero-order valence-electron chi connectivity index (χ0n) is 11.4. The molecule has 3 rings (SSSR count). The molecule has 4 nitrogen and oxygen atoms in total. The molecule has 0 saturated heterocycles. The average Bonchev–Trinajstić information content (AvgIpc) is 3.15. The van der Waals surface area contributed by atoms with Crippen LogP contribution >= 0.6 is 22.7 Å². The summed E-state index contributed by atoms with van der Waals surface area (Å²) >= 11 is 3.05. The topological polar surface area (TPSA) is 54.9 Å². The van der Waals surface area contributed by atoms with Crippen molar-refractivity contribution < 1.29 is 4.79 Å². The third-order valence-electron chi connectivity index (χ3n) is 2.89. The molecule has 21 heavy (non-hydrogen) atoms. The normalized spacial score (nSPS) is 10.5. The first-order chi connectivity index (χ1) is 10.2. The number of pyridine rings is 1. The fraction of sp³-hybridized carbons (Fsp3) is 0.133. The van der Waals surface area contributed by atoms with Crippen molar-refractivity contribution in [2.45, 2.75) is 13.5 Å². The number of nitrogens with one attached hydrogen (secondary N) is 1. The second-order valence-corrected chi connectivity index (χ2v) is 6.36. The summed E-state index contributed by atoms with van der Waals surface area (Å²) in [7, 11) is 0. The SMILES string of the molecule is Cc1nc(-c2cccs2)sc1C(=O)NCc1ccccn1. The predicted octanol–water partition coefficient (Wildman–Crippen LogP) is 3.51. The van der Waals surface area contributed by atoms with E-state index in [2.05, 4.69) is 15.3 Å². The molecule has 0 atom stereocenters. The van der Waals surface area contributed by atoms with E-state index in [1.165, 1.54) is 11.3 Å². The van der Waals surface area contributed by atoms with E-state index in [0.29, 0.717) is 11.4 Å². The van der Waals surface area contributed by atoms with Crippen molar-refractivity contribution in [1.82, 2.24) is 15.3 Å². The number of carbonyl (C=O) groups is 1. The zero-order valence-corrected chi connectivity index (χ0v) is 13.0. The van der Waals surface area contributed by atoms with E-state index in [9.17, 15) is 4.79 Å². The van der Waals surface area contributed by atoms with Gasteiger partial charge in [0.25, 0.3) is 5.91 Å². The predicted molar refractivity (Wildman–Crippen MR) is 85.6 cm³/mol. The first-order valence-corrected chi connectivity index (χ1v) is 8.13. The molecule has 0 bridgehead atoms. The van der Waals surface area contributed by atoms with Crippen LogP contribution in [0.1, 0.15) is 21.1 Å². The van der Waals surface area contributed by atoms with Gasteiger partial charge in [0.15, 0.2) is 0 Å².